The molecule has 5 nitrogen and oxygen atoms in total. The maximum atomic E-state index is 12.2. The van der Waals surface area contributed by atoms with Crippen molar-refractivity contribution in [2.24, 2.45) is 11.8 Å². The Kier molecular flexibility index (Phi) is 4.87. The Balaban J connectivity index is 2.12. The average Bonchev–Trinajstić information content (AvgIpc) is 2.88. The van der Waals surface area contributed by atoms with Gasteiger partial charge in [-0.3, -0.25) is 4.79 Å². The van der Waals surface area contributed by atoms with Crippen LogP contribution in [0.4, 0.5) is 0 Å². The van der Waals surface area contributed by atoms with Crippen LogP contribution in [0.2, 0.25) is 18.1 Å². The van der Waals surface area contributed by atoms with Gasteiger partial charge in [-0.05, 0) is 30.1 Å². The van der Waals surface area contributed by atoms with Gasteiger partial charge >= 0.3 is 11.9 Å². The zero-order chi connectivity index (χ0) is 17.4. The second kappa shape index (κ2) is 6.24. The summed E-state index contributed by atoms with van der Waals surface area (Å²) in [5, 5.41) is 0.107. The Hall–Kier alpha value is -1.40. The van der Waals surface area contributed by atoms with Gasteiger partial charge in [-0.25, -0.2) is 4.79 Å². The van der Waals surface area contributed by atoms with E-state index in [2.05, 4.69) is 33.9 Å². The number of allylic oxidation sites excluding steroid dienone is 1. The quantitative estimate of drug-likeness (QED) is 0.447. The molecule has 1 aliphatic carbocycles. The highest BCUT2D eigenvalue weighted by Crippen LogP contribution is 2.42. The van der Waals surface area contributed by atoms with Crippen molar-refractivity contribution in [1.82, 2.24) is 0 Å². The van der Waals surface area contributed by atoms with E-state index in [4.69, 9.17) is 13.9 Å². The van der Waals surface area contributed by atoms with Crippen molar-refractivity contribution in [3.8, 4) is 0 Å². The van der Waals surface area contributed by atoms with E-state index in [0.717, 1.165) is 5.57 Å². The largest absolute Gasteiger partial charge is 0.466 e. The predicted molar refractivity (Wildman–Crippen MR) is 89.0 cm³/mol. The molecular weight excluding hydrogens is 312 g/mol. The lowest BCUT2D eigenvalue weighted by Gasteiger charge is -2.37. The van der Waals surface area contributed by atoms with E-state index in [0.29, 0.717) is 18.6 Å². The van der Waals surface area contributed by atoms with Crippen LogP contribution >= 0.6 is 0 Å². The Morgan fingerprint density at radius 3 is 2.61 bits per heavy atom. The molecule has 0 amide bonds. The number of hydrogen-bond acceptors (Lipinski definition) is 5. The monoisotopic (exact) mass is 338 g/mol. The van der Waals surface area contributed by atoms with Gasteiger partial charge in [-0.1, -0.05) is 26.8 Å². The SMILES string of the molecule is COC(=O)C1=COC(=O)C2C(CO[Si](C)(C)C(C)(C)C)=CCC12. The van der Waals surface area contributed by atoms with E-state index in [1.807, 2.05) is 6.08 Å². The van der Waals surface area contributed by atoms with Crippen LogP contribution in [-0.4, -0.2) is 34.0 Å². The molecule has 6 heteroatoms. The summed E-state index contributed by atoms with van der Waals surface area (Å²) in [4.78, 5) is 24.0. The number of cyclic esters (lactones) is 1. The number of carbonyl (C=O) groups excluding carboxylic acids is 2. The van der Waals surface area contributed by atoms with Gasteiger partial charge in [0, 0.05) is 5.92 Å². The molecule has 0 aromatic rings. The fourth-order valence-electron chi connectivity index (χ4n) is 2.65. The van der Waals surface area contributed by atoms with E-state index in [1.54, 1.807) is 0 Å². The molecule has 0 radical (unpaired) electrons. The highest BCUT2D eigenvalue weighted by Gasteiger charge is 2.45. The fourth-order valence-corrected chi connectivity index (χ4v) is 3.61. The molecule has 0 saturated carbocycles. The predicted octanol–water partition coefficient (Wildman–Crippen LogP) is 3.18. The maximum absolute atomic E-state index is 12.2. The first-order chi connectivity index (χ1) is 10.6. The highest BCUT2D eigenvalue weighted by atomic mass is 28.4. The molecule has 0 aromatic heterocycles. The lowest BCUT2D eigenvalue weighted by Crippen LogP contribution is -2.42. The Morgan fingerprint density at radius 2 is 2.04 bits per heavy atom. The smallest absolute Gasteiger partial charge is 0.337 e. The van der Waals surface area contributed by atoms with Gasteiger partial charge in [-0.15, -0.1) is 0 Å². The molecule has 2 atom stereocenters. The van der Waals surface area contributed by atoms with Crippen molar-refractivity contribution >= 4 is 20.3 Å². The summed E-state index contributed by atoms with van der Waals surface area (Å²) >= 11 is 0. The standard InChI is InChI=1S/C17H26O5Si/c1-17(2,3)23(5,6)22-9-11-7-8-12-13(15(18)20-4)10-21-16(19)14(11)12/h7,10,12,14H,8-9H2,1-6H3. The zero-order valence-electron chi connectivity index (χ0n) is 14.8. The van der Waals surface area contributed by atoms with Crippen LogP contribution in [0.15, 0.2) is 23.5 Å². The lowest BCUT2D eigenvalue weighted by atomic mass is 9.84. The topological polar surface area (TPSA) is 61.8 Å². The van der Waals surface area contributed by atoms with Crippen LogP contribution in [0.25, 0.3) is 0 Å². The van der Waals surface area contributed by atoms with E-state index in [-0.39, 0.29) is 16.9 Å². The summed E-state index contributed by atoms with van der Waals surface area (Å²) in [6.07, 6.45) is 3.88. The number of ether oxygens (including phenoxy) is 2. The number of methoxy groups -OCH3 is 1. The Labute approximate surface area is 138 Å². The number of fused-ring (bicyclic) bond motifs is 1. The number of hydrogen-bond donors (Lipinski definition) is 0. The second-order valence-corrected chi connectivity index (χ2v) is 12.5. The molecule has 23 heavy (non-hydrogen) atoms. The van der Waals surface area contributed by atoms with Crippen molar-refractivity contribution in [2.45, 2.75) is 45.3 Å². The molecule has 0 spiro atoms. The van der Waals surface area contributed by atoms with Gasteiger partial charge in [0.15, 0.2) is 8.32 Å². The summed E-state index contributed by atoms with van der Waals surface area (Å²) < 4.78 is 16.1. The first-order valence-electron chi connectivity index (χ1n) is 7.90. The third kappa shape index (κ3) is 3.43. The minimum absolute atomic E-state index is 0.107. The third-order valence-electron chi connectivity index (χ3n) is 5.22. The van der Waals surface area contributed by atoms with Gasteiger partial charge in [0.1, 0.15) is 6.26 Å². The van der Waals surface area contributed by atoms with Crippen LogP contribution in [0.1, 0.15) is 27.2 Å². The zero-order valence-corrected chi connectivity index (χ0v) is 15.8. The normalized spacial score (nSPS) is 24.5. The van der Waals surface area contributed by atoms with Crippen molar-refractivity contribution < 1.29 is 23.5 Å². The summed E-state index contributed by atoms with van der Waals surface area (Å²) in [6.45, 7) is 11.3. The van der Waals surface area contributed by atoms with Crippen LogP contribution in [0, 0.1) is 11.8 Å². The second-order valence-electron chi connectivity index (χ2n) is 7.65. The average molecular weight is 338 g/mol. The number of carbonyl (C=O) groups is 2. The summed E-state index contributed by atoms with van der Waals surface area (Å²) in [7, 11) is -0.564. The van der Waals surface area contributed by atoms with Crippen LogP contribution in [0.5, 0.6) is 0 Å². The number of esters is 2. The molecule has 1 heterocycles. The minimum Gasteiger partial charge on any atom is -0.466 e. The van der Waals surface area contributed by atoms with Crippen LogP contribution in [0.3, 0.4) is 0 Å². The minimum atomic E-state index is -1.90. The lowest BCUT2D eigenvalue weighted by molar-refractivity contribution is -0.146. The van der Waals surface area contributed by atoms with E-state index in [1.165, 1.54) is 13.4 Å². The molecular formula is C17H26O5Si. The van der Waals surface area contributed by atoms with Crippen molar-refractivity contribution in [3.63, 3.8) is 0 Å². The summed E-state index contributed by atoms with van der Waals surface area (Å²) in [5.74, 6) is -1.38. The maximum Gasteiger partial charge on any atom is 0.337 e. The molecule has 1 aliphatic heterocycles. The Morgan fingerprint density at radius 1 is 1.39 bits per heavy atom. The molecule has 0 saturated heterocycles. The van der Waals surface area contributed by atoms with E-state index in [9.17, 15) is 9.59 Å². The third-order valence-corrected chi connectivity index (χ3v) is 9.70. The molecule has 128 valence electrons. The molecule has 0 bridgehead atoms. The van der Waals surface area contributed by atoms with Crippen LogP contribution < -0.4 is 0 Å². The van der Waals surface area contributed by atoms with Crippen LogP contribution in [-0.2, 0) is 23.5 Å². The fraction of sp³-hybridized carbons (Fsp3) is 0.647. The highest BCUT2D eigenvalue weighted by molar-refractivity contribution is 6.74. The van der Waals surface area contributed by atoms with Gasteiger partial charge in [0.25, 0.3) is 0 Å². The number of rotatable bonds is 4. The molecule has 2 unspecified atom stereocenters. The first kappa shape index (κ1) is 17.9. The van der Waals surface area contributed by atoms with Gasteiger partial charge < -0.3 is 13.9 Å². The summed E-state index contributed by atoms with van der Waals surface area (Å²) in [5.41, 5.74) is 1.34. The first-order valence-corrected chi connectivity index (χ1v) is 10.8. The molecule has 0 N–H and O–H groups in total. The molecule has 0 aromatic carbocycles. The van der Waals surface area contributed by atoms with E-state index < -0.39 is 20.2 Å². The van der Waals surface area contributed by atoms with Gasteiger partial charge in [0.05, 0.1) is 25.2 Å². The molecule has 2 aliphatic rings. The van der Waals surface area contributed by atoms with E-state index >= 15 is 0 Å². The Bertz CT molecular complexity index is 568. The summed E-state index contributed by atoms with van der Waals surface area (Å²) in [6, 6.07) is 0. The van der Waals surface area contributed by atoms with Crippen molar-refractivity contribution in [2.75, 3.05) is 13.7 Å². The molecule has 0 fully saturated rings. The van der Waals surface area contributed by atoms with Gasteiger partial charge in [-0.2, -0.15) is 0 Å². The van der Waals surface area contributed by atoms with Crippen molar-refractivity contribution in [3.05, 3.63) is 23.5 Å². The molecule has 2 rings (SSSR count). The van der Waals surface area contributed by atoms with Gasteiger partial charge in [0.2, 0.25) is 0 Å². The van der Waals surface area contributed by atoms with Crippen molar-refractivity contribution in [1.29, 1.82) is 0 Å².